The van der Waals surface area contributed by atoms with Crippen molar-refractivity contribution in [1.29, 1.82) is 0 Å². The third kappa shape index (κ3) is 4.95. The number of hydrogen-bond donors (Lipinski definition) is 1. The lowest BCUT2D eigenvalue weighted by Gasteiger charge is -2.06. The van der Waals surface area contributed by atoms with Crippen LogP contribution in [-0.2, 0) is 21.3 Å². The summed E-state index contributed by atoms with van der Waals surface area (Å²) < 4.78 is 24.9. The van der Waals surface area contributed by atoms with Crippen LogP contribution in [0.3, 0.4) is 0 Å². The molecule has 0 radical (unpaired) electrons. The van der Waals surface area contributed by atoms with Crippen molar-refractivity contribution in [2.75, 3.05) is 11.1 Å². The van der Waals surface area contributed by atoms with Gasteiger partial charge in [0, 0.05) is 21.5 Å². The van der Waals surface area contributed by atoms with E-state index in [1.54, 1.807) is 24.3 Å². The van der Waals surface area contributed by atoms with Crippen LogP contribution in [0.1, 0.15) is 5.56 Å². The lowest BCUT2D eigenvalue weighted by molar-refractivity contribution is -0.113. The van der Waals surface area contributed by atoms with E-state index in [-0.39, 0.29) is 22.4 Å². The van der Waals surface area contributed by atoms with E-state index in [0.717, 1.165) is 6.07 Å². The van der Waals surface area contributed by atoms with Gasteiger partial charge < -0.3 is 5.32 Å². The molecule has 0 saturated carbocycles. The van der Waals surface area contributed by atoms with Crippen LogP contribution < -0.4 is 5.32 Å². The zero-order valence-electron chi connectivity index (χ0n) is 11.0. The number of halogens is 2. The normalized spacial score (nSPS) is 11.9. The number of para-hydroxylation sites is 1. The van der Waals surface area contributed by atoms with Crippen molar-refractivity contribution in [2.24, 2.45) is 0 Å². The average molecular weight is 326 g/mol. The van der Waals surface area contributed by atoms with Gasteiger partial charge in [0.2, 0.25) is 5.91 Å². The first-order valence-corrected chi connectivity index (χ1v) is 8.05. The third-order valence-electron chi connectivity index (χ3n) is 2.68. The van der Waals surface area contributed by atoms with Crippen molar-refractivity contribution in [3.8, 4) is 0 Å². The molecule has 0 fully saturated rings. The smallest absolute Gasteiger partial charge is 0.237 e. The average Bonchev–Trinajstić information content (AvgIpc) is 2.43. The van der Waals surface area contributed by atoms with E-state index in [9.17, 15) is 13.4 Å². The monoisotopic (exact) mass is 325 g/mol. The zero-order valence-corrected chi connectivity index (χ0v) is 12.6. The van der Waals surface area contributed by atoms with Gasteiger partial charge in [0.15, 0.2) is 0 Å². The first-order valence-electron chi connectivity index (χ1n) is 6.18. The summed E-state index contributed by atoms with van der Waals surface area (Å²) in [5, 5.41) is 2.87. The van der Waals surface area contributed by atoms with Gasteiger partial charge >= 0.3 is 0 Å². The maximum Gasteiger partial charge on any atom is 0.237 e. The molecule has 2 aromatic carbocycles. The number of anilines is 1. The number of nitrogens with one attached hydrogen (secondary N) is 1. The summed E-state index contributed by atoms with van der Waals surface area (Å²) in [5.41, 5.74) is 1.21. The van der Waals surface area contributed by atoms with E-state index >= 15 is 0 Å². The molecule has 6 heteroatoms. The summed E-state index contributed by atoms with van der Waals surface area (Å²) in [6, 6.07) is 12.8. The van der Waals surface area contributed by atoms with Crippen LogP contribution in [0.15, 0.2) is 48.5 Å². The fourth-order valence-corrected chi connectivity index (χ4v) is 3.11. The molecular weight excluding hydrogens is 313 g/mol. The fraction of sp³-hybridized carbons (Fsp3) is 0.133. The van der Waals surface area contributed by atoms with Gasteiger partial charge in [-0.3, -0.25) is 9.00 Å². The van der Waals surface area contributed by atoms with E-state index in [1.807, 2.05) is 6.07 Å². The van der Waals surface area contributed by atoms with Crippen LogP contribution in [0.25, 0.3) is 0 Å². The second kappa shape index (κ2) is 7.33. The van der Waals surface area contributed by atoms with Crippen molar-refractivity contribution >= 4 is 34.0 Å². The Morgan fingerprint density at radius 3 is 2.57 bits per heavy atom. The topological polar surface area (TPSA) is 46.2 Å². The molecule has 21 heavy (non-hydrogen) atoms. The molecule has 2 rings (SSSR count). The highest BCUT2D eigenvalue weighted by Gasteiger charge is 2.11. The molecule has 0 aliphatic rings. The first kappa shape index (κ1) is 15.7. The predicted molar refractivity (Wildman–Crippen MR) is 83.2 cm³/mol. The molecule has 0 aromatic heterocycles. The number of benzene rings is 2. The zero-order chi connectivity index (χ0) is 15.2. The van der Waals surface area contributed by atoms with Crippen molar-refractivity contribution in [3.05, 3.63) is 64.9 Å². The van der Waals surface area contributed by atoms with E-state index in [4.69, 9.17) is 11.6 Å². The summed E-state index contributed by atoms with van der Waals surface area (Å²) in [6.07, 6.45) is 0. The molecule has 1 atom stereocenters. The standard InChI is InChI=1S/C15H13ClFNO2S/c16-14-8-12(17)7-6-11(14)9-21(20)10-15(19)18-13-4-2-1-3-5-13/h1-8H,9-10H2,(H,18,19). The van der Waals surface area contributed by atoms with E-state index < -0.39 is 16.6 Å². The molecule has 1 amide bonds. The highest BCUT2D eigenvalue weighted by atomic mass is 35.5. The molecule has 0 spiro atoms. The maximum atomic E-state index is 12.9. The fourth-order valence-electron chi connectivity index (χ4n) is 1.73. The summed E-state index contributed by atoms with van der Waals surface area (Å²) in [5.74, 6) is -0.807. The minimum atomic E-state index is -1.41. The van der Waals surface area contributed by atoms with Crippen molar-refractivity contribution in [2.45, 2.75) is 5.75 Å². The molecule has 1 unspecified atom stereocenters. The highest BCUT2D eigenvalue weighted by Crippen LogP contribution is 2.18. The Hall–Kier alpha value is -1.72. The summed E-state index contributed by atoms with van der Waals surface area (Å²) in [7, 11) is -1.41. The minimum Gasteiger partial charge on any atom is -0.325 e. The Labute approximate surface area is 129 Å². The SMILES string of the molecule is O=C(CS(=O)Cc1ccc(F)cc1Cl)Nc1ccccc1. The van der Waals surface area contributed by atoms with Gasteiger partial charge in [-0.25, -0.2) is 4.39 Å². The molecule has 0 aliphatic heterocycles. The Kier molecular flexibility index (Phi) is 5.47. The molecule has 0 bridgehead atoms. The largest absolute Gasteiger partial charge is 0.325 e. The van der Waals surface area contributed by atoms with Crippen LogP contribution in [0.4, 0.5) is 10.1 Å². The molecule has 2 aromatic rings. The summed E-state index contributed by atoms with van der Waals surface area (Å²) in [6.45, 7) is 0. The van der Waals surface area contributed by atoms with Crippen LogP contribution >= 0.6 is 11.6 Å². The summed E-state index contributed by atoms with van der Waals surface area (Å²) in [4.78, 5) is 11.8. The Morgan fingerprint density at radius 1 is 1.19 bits per heavy atom. The molecular formula is C15H13ClFNO2S. The molecule has 0 saturated heterocycles. The predicted octanol–water partition coefficient (Wildman–Crippen LogP) is 3.37. The van der Waals surface area contributed by atoms with Crippen LogP contribution in [0, 0.1) is 5.82 Å². The Balaban J connectivity index is 1.91. The van der Waals surface area contributed by atoms with Gasteiger partial charge in [0.25, 0.3) is 0 Å². The van der Waals surface area contributed by atoms with Gasteiger partial charge in [-0.1, -0.05) is 35.9 Å². The van der Waals surface area contributed by atoms with Crippen molar-refractivity contribution < 1.29 is 13.4 Å². The lowest BCUT2D eigenvalue weighted by atomic mass is 10.2. The van der Waals surface area contributed by atoms with Crippen molar-refractivity contribution in [3.63, 3.8) is 0 Å². The molecule has 0 heterocycles. The Morgan fingerprint density at radius 2 is 1.90 bits per heavy atom. The number of rotatable bonds is 5. The van der Waals surface area contributed by atoms with Crippen LogP contribution in [0.5, 0.6) is 0 Å². The van der Waals surface area contributed by atoms with Crippen LogP contribution in [-0.4, -0.2) is 15.9 Å². The maximum absolute atomic E-state index is 12.9. The second-order valence-corrected chi connectivity index (χ2v) is 6.24. The molecule has 0 aliphatic carbocycles. The second-order valence-electron chi connectivity index (χ2n) is 4.38. The molecule has 1 N–H and O–H groups in total. The molecule has 3 nitrogen and oxygen atoms in total. The van der Waals surface area contributed by atoms with Gasteiger partial charge in [0.1, 0.15) is 11.6 Å². The summed E-state index contributed by atoms with van der Waals surface area (Å²) >= 11 is 5.86. The number of carbonyl (C=O) groups is 1. The third-order valence-corrected chi connectivity index (χ3v) is 4.25. The minimum absolute atomic E-state index is 0.112. The highest BCUT2D eigenvalue weighted by molar-refractivity contribution is 7.85. The Bertz CT molecular complexity index is 664. The van der Waals surface area contributed by atoms with E-state index in [1.165, 1.54) is 12.1 Å². The van der Waals surface area contributed by atoms with Gasteiger partial charge in [-0.15, -0.1) is 0 Å². The number of hydrogen-bond acceptors (Lipinski definition) is 2. The van der Waals surface area contributed by atoms with Gasteiger partial charge in [0.05, 0.1) is 5.75 Å². The molecule has 110 valence electrons. The van der Waals surface area contributed by atoms with E-state index in [0.29, 0.717) is 11.3 Å². The lowest BCUT2D eigenvalue weighted by Crippen LogP contribution is -2.20. The number of amides is 1. The van der Waals surface area contributed by atoms with Gasteiger partial charge in [-0.05, 0) is 29.8 Å². The van der Waals surface area contributed by atoms with Crippen LogP contribution in [0.2, 0.25) is 5.02 Å². The quantitative estimate of drug-likeness (QED) is 0.916. The first-order chi connectivity index (χ1) is 10.0. The van der Waals surface area contributed by atoms with E-state index in [2.05, 4.69) is 5.32 Å². The van der Waals surface area contributed by atoms with Crippen molar-refractivity contribution in [1.82, 2.24) is 0 Å². The van der Waals surface area contributed by atoms with Gasteiger partial charge in [-0.2, -0.15) is 0 Å². The number of carbonyl (C=O) groups excluding carboxylic acids is 1.